The van der Waals surface area contributed by atoms with Crippen molar-refractivity contribution in [2.45, 2.75) is 20.0 Å². The normalized spacial score (nSPS) is 11.6. The zero-order valence-corrected chi connectivity index (χ0v) is 17.8. The lowest BCUT2D eigenvalue weighted by Crippen LogP contribution is -2.32. The van der Waals surface area contributed by atoms with Crippen molar-refractivity contribution in [3.05, 3.63) is 82.1 Å². The topological polar surface area (TPSA) is 75.5 Å². The van der Waals surface area contributed by atoms with Crippen molar-refractivity contribution in [2.75, 3.05) is 5.32 Å². The molecule has 1 heterocycles. The van der Waals surface area contributed by atoms with E-state index in [4.69, 9.17) is 11.6 Å². The number of aromatic nitrogens is 1. The van der Waals surface area contributed by atoms with Gasteiger partial charge in [0.2, 0.25) is 0 Å². The Balaban J connectivity index is 1.76. The quantitative estimate of drug-likeness (QED) is 0.330. The van der Waals surface area contributed by atoms with Gasteiger partial charge in [0.25, 0.3) is 0 Å². The van der Waals surface area contributed by atoms with Crippen LogP contribution in [0.3, 0.4) is 0 Å². The third-order valence-electron chi connectivity index (χ3n) is 4.58. The SMILES string of the molecule is Cc1cc(C=NNC(=O)C(=O)Nc2cccc(Cl)c2)c(C)n1-c1ccccc1C(F)(F)F. The molecule has 2 N–H and O–H groups in total. The van der Waals surface area contributed by atoms with Crippen molar-refractivity contribution >= 4 is 35.3 Å². The number of amides is 2. The number of hydrogen-bond donors (Lipinski definition) is 2. The predicted molar refractivity (Wildman–Crippen MR) is 116 cm³/mol. The van der Waals surface area contributed by atoms with Crippen molar-refractivity contribution in [2.24, 2.45) is 5.10 Å². The Kier molecular flexibility index (Phi) is 6.69. The first kappa shape index (κ1) is 23.1. The molecular weight excluding hydrogens is 445 g/mol. The summed E-state index contributed by atoms with van der Waals surface area (Å²) < 4.78 is 41.7. The summed E-state index contributed by atoms with van der Waals surface area (Å²) in [6.45, 7) is 3.30. The second-order valence-corrected chi connectivity index (χ2v) is 7.28. The number of benzene rings is 2. The maximum atomic E-state index is 13.4. The summed E-state index contributed by atoms with van der Waals surface area (Å²) in [5.74, 6) is -1.97. The number of nitrogens with one attached hydrogen (secondary N) is 2. The molecule has 10 heteroatoms. The summed E-state index contributed by atoms with van der Waals surface area (Å²) in [4.78, 5) is 23.9. The molecule has 0 aliphatic rings. The Bertz CT molecular complexity index is 1200. The molecule has 0 aliphatic heterocycles. The van der Waals surface area contributed by atoms with E-state index in [0.717, 1.165) is 6.07 Å². The average Bonchev–Trinajstić information content (AvgIpc) is 3.00. The van der Waals surface area contributed by atoms with E-state index in [0.29, 0.717) is 27.7 Å². The molecule has 0 radical (unpaired) electrons. The summed E-state index contributed by atoms with van der Waals surface area (Å²) in [6, 6.07) is 13.1. The second-order valence-electron chi connectivity index (χ2n) is 6.84. The molecule has 0 bridgehead atoms. The zero-order valence-electron chi connectivity index (χ0n) is 17.0. The highest BCUT2D eigenvalue weighted by Crippen LogP contribution is 2.35. The van der Waals surface area contributed by atoms with E-state index < -0.39 is 23.6 Å². The number of nitrogens with zero attached hydrogens (tertiary/aromatic N) is 2. The number of aryl methyl sites for hydroxylation is 1. The van der Waals surface area contributed by atoms with Crippen molar-refractivity contribution in [1.82, 2.24) is 9.99 Å². The summed E-state index contributed by atoms with van der Waals surface area (Å²) in [7, 11) is 0. The van der Waals surface area contributed by atoms with Crippen LogP contribution in [0.15, 0.2) is 59.7 Å². The fraction of sp³-hybridized carbons (Fsp3) is 0.136. The number of hydrogen-bond acceptors (Lipinski definition) is 3. The van der Waals surface area contributed by atoms with Gasteiger partial charge in [-0.05, 0) is 50.2 Å². The lowest BCUT2D eigenvalue weighted by Gasteiger charge is -2.16. The molecular formula is C22H18ClF3N4O2. The fourth-order valence-electron chi connectivity index (χ4n) is 3.16. The first-order valence-electron chi connectivity index (χ1n) is 9.33. The molecule has 6 nitrogen and oxygen atoms in total. The third kappa shape index (κ3) is 5.17. The molecule has 32 heavy (non-hydrogen) atoms. The van der Waals surface area contributed by atoms with Crippen LogP contribution in [-0.4, -0.2) is 22.6 Å². The molecule has 0 unspecified atom stereocenters. The second kappa shape index (κ2) is 9.27. The van der Waals surface area contributed by atoms with E-state index in [-0.39, 0.29) is 5.69 Å². The van der Waals surface area contributed by atoms with Crippen LogP contribution in [-0.2, 0) is 15.8 Å². The molecule has 0 aliphatic carbocycles. The van der Waals surface area contributed by atoms with Gasteiger partial charge in [-0.15, -0.1) is 0 Å². The van der Waals surface area contributed by atoms with Gasteiger partial charge in [-0.2, -0.15) is 18.3 Å². The molecule has 166 valence electrons. The number of alkyl halides is 3. The van der Waals surface area contributed by atoms with Gasteiger partial charge in [-0.25, -0.2) is 5.43 Å². The van der Waals surface area contributed by atoms with Crippen molar-refractivity contribution in [3.8, 4) is 5.69 Å². The largest absolute Gasteiger partial charge is 0.418 e. The highest BCUT2D eigenvalue weighted by molar-refractivity contribution is 6.39. The predicted octanol–water partition coefficient (Wildman–Crippen LogP) is 4.86. The molecule has 0 atom stereocenters. The molecule has 0 saturated carbocycles. The van der Waals surface area contributed by atoms with Gasteiger partial charge in [0.1, 0.15) is 0 Å². The minimum atomic E-state index is -4.52. The summed E-state index contributed by atoms with van der Waals surface area (Å²) >= 11 is 5.83. The van der Waals surface area contributed by atoms with Crippen molar-refractivity contribution < 1.29 is 22.8 Å². The van der Waals surface area contributed by atoms with Crippen LogP contribution in [0.25, 0.3) is 5.69 Å². The maximum Gasteiger partial charge on any atom is 0.418 e. The number of hydrazone groups is 1. The van der Waals surface area contributed by atoms with E-state index >= 15 is 0 Å². The minimum Gasteiger partial charge on any atom is -0.318 e. The third-order valence-corrected chi connectivity index (χ3v) is 4.81. The van der Waals surface area contributed by atoms with Crippen LogP contribution in [0.4, 0.5) is 18.9 Å². The van der Waals surface area contributed by atoms with E-state index in [1.165, 1.54) is 35.0 Å². The van der Waals surface area contributed by atoms with Gasteiger partial charge < -0.3 is 9.88 Å². The van der Waals surface area contributed by atoms with E-state index in [1.807, 2.05) is 0 Å². The standard InChI is InChI=1S/C22H18ClF3N4O2/c1-13-10-15(14(2)30(13)19-9-4-3-8-18(19)22(24,25)26)12-27-29-21(32)20(31)28-17-7-5-6-16(23)11-17/h3-12H,1-2H3,(H,28,31)(H,29,32). The molecule has 3 aromatic rings. The Morgan fingerprint density at radius 2 is 1.75 bits per heavy atom. The molecule has 3 rings (SSSR count). The van der Waals surface area contributed by atoms with E-state index in [9.17, 15) is 22.8 Å². The molecule has 0 spiro atoms. The van der Waals surface area contributed by atoms with Crippen LogP contribution in [0, 0.1) is 13.8 Å². The number of carbonyl (C=O) groups is 2. The molecule has 0 fully saturated rings. The monoisotopic (exact) mass is 462 g/mol. The van der Waals surface area contributed by atoms with Gasteiger partial charge in [0.15, 0.2) is 0 Å². The van der Waals surface area contributed by atoms with Gasteiger partial charge >= 0.3 is 18.0 Å². The van der Waals surface area contributed by atoms with Crippen molar-refractivity contribution in [1.29, 1.82) is 0 Å². The first-order chi connectivity index (χ1) is 15.1. The lowest BCUT2D eigenvalue weighted by atomic mass is 10.1. The van der Waals surface area contributed by atoms with Crippen LogP contribution in [0.5, 0.6) is 0 Å². The number of anilines is 1. The summed E-state index contributed by atoms with van der Waals surface area (Å²) in [5.41, 5.74) is 3.17. The van der Waals surface area contributed by atoms with Crippen molar-refractivity contribution in [3.63, 3.8) is 0 Å². The Labute approximate surface area is 186 Å². The minimum absolute atomic E-state index is 0.0143. The lowest BCUT2D eigenvalue weighted by molar-refractivity contribution is -0.137. The van der Waals surface area contributed by atoms with E-state index in [1.54, 1.807) is 38.1 Å². The molecule has 0 saturated heterocycles. The maximum absolute atomic E-state index is 13.4. The first-order valence-corrected chi connectivity index (χ1v) is 9.71. The van der Waals surface area contributed by atoms with Crippen LogP contribution >= 0.6 is 11.6 Å². The number of rotatable bonds is 4. The Hall–Kier alpha value is -3.59. The highest BCUT2D eigenvalue weighted by atomic mass is 35.5. The van der Waals surface area contributed by atoms with Crippen LogP contribution < -0.4 is 10.7 Å². The molecule has 2 amide bonds. The zero-order chi connectivity index (χ0) is 23.5. The highest BCUT2D eigenvalue weighted by Gasteiger charge is 2.34. The van der Waals surface area contributed by atoms with Crippen LogP contribution in [0.1, 0.15) is 22.5 Å². The van der Waals surface area contributed by atoms with E-state index in [2.05, 4.69) is 15.8 Å². The molecule has 1 aromatic heterocycles. The van der Waals surface area contributed by atoms with Crippen LogP contribution in [0.2, 0.25) is 5.02 Å². The van der Waals surface area contributed by atoms with Gasteiger partial charge in [0, 0.05) is 27.7 Å². The average molecular weight is 463 g/mol. The van der Waals surface area contributed by atoms with Gasteiger partial charge in [0.05, 0.1) is 17.5 Å². The summed E-state index contributed by atoms with van der Waals surface area (Å²) in [6.07, 6.45) is -3.25. The Morgan fingerprint density at radius 3 is 2.44 bits per heavy atom. The smallest absolute Gasteiger partial charge is 0.318 e. The fourth-order valence-corrected chi connectivity index (χ4v) is 3.35. The number of halogens is 4. The molecule has 2 aromatic carbocycles. The Morgan fingerprint density at radius 1 is 1.03 bits per heavy atom. The summed E-state index contributed by atoms with van der Waals surface area (Å²) in [5, 5.41) is 6.52. The van der Waals surface area contributed by atoms with Gasteiger partial charge in [-0.3, -0.25) is 9.59 Å². The number of para-hydroxylation sites is 1. The van der Waals surface area contributed by atoms with Gasteiger partial charge in [-0.1, -0.05) is 29.8 Å². The number of carbonyl (C=O) groups excluding carboxylic acids is 2.